The fourth-order valence-corrected chi connectivity index (χ4v) is 3.21. The Morgan fingerprint density at radius 1 is 1.09 bits per heavy atom. The molecule has 1 aliphatic rings. The summed E-state index contributed by atoms with van der Waals surface area (Å²) >= 11 is 0. The van der Waals surface area contributed by atoms with Gasteiger partial charge >= 0.3 is 0 Å². The van der Waals surface area contributed by atoms with E-state index in [1.807, 2.05) is 42.5 Å². The van der Waals surface area contributed by atoms with E-state index in [4.69, 9.17) is 0 Å². The molecule has 116 valence electrons. The SMILES string of the molecule is Oc1ccc2c(c1)CC(CNCC(O)c1ccccc1)CC2. The Hall–Kier alpha value is -1.84. The van der Waals surface area contributed by atoms with E-state index in [2.05, 4.69) is 5.32 Å². The van der Waals surface area contributed by atoms with E-state index in [1.165, 1.54) is 11.1 Å². The van der Waals surface area contributed by atoms with Crippen LogP contribution in [0.3, 0.4) is 0 Å². The maximum atomic E-state index is 10.1. The van der Waals surface area contributed by atoms with Crippen molar-refractivity contribution in [3.8, 4) is 5.75 Å². The fourth-order valence-electron chi connectivity index (χ4n) is 3.21. The van der Waals surface area contributed by atoms with Gasteiger partial charge in [-0.2, -0.15) is 0 Å². The predicted molar refractivity (Wildman–Crippen MR) is 87.9 cm³/mol. The lowest BCUT2D eigenvalue weighted by molar-refractivity contribution is 0.172. The Balaban J connectivity index is 1.49. The van der Waals surface area contributed by atoms with Gasteiger partial charge in [0.1, 0.15) is 5.75 Å². The molecule has 3 N–H and O–H groups in total. The molecule has 3 nitrogen and oxygen atoms in total. The number of hydrogen-bond donors (Lipinski definition) is 3. The maximum absolute atomic E-state index is 10.1. The van der Waals surface area contributed by atoms with Crippen molar-refractivity contribution in [3.05, 3.63) is 65.2 Å². The Kier molecular flexibility index (Phi) is 4.76. The minimum Gasteiger partial charge on any atom is -0.508 e. The van der Waals surface area contributed by atoms with E-state index in [-0.39, 0.29) is 0 Å². The number of phenols is 1. The highest BCUT2D eigenvalue weighted by molar-refractivity contribution is 5.36. The van der Waals surface area contributed by atoms with Crippen molar-refractivity contribution < 1.29 is 10.2 Å². The summed E-state index contributed by atoms with van der Waals surface area (Å²) in [4.78, 5) is 0. The third-order valence-corrected chi connectivity index (χ3v) is 4.48. The van der Waals surface area contributed by atoms with Crippen LogP contribution in [0.5, 0.6) is 5.75 Å². The molecule has 2 aromatic carbocycles. The van der Waals surface area contributed by atoms with Crippen molar-refractivity contribution in [3.63, 3.8) is 0 Å². The highest BCUT2D eigenvalue weighted by atomic mass is 16.3. The van der Waals surface area contributed by atoms with Crippen LogP contribution in [0.4, 0.5) is 0 Å². The van der Waals surface area contributed by atoms with Crippen molar-refractivity contribution in [1.29, 1.82) is 0 Å². The molecule has 2 atom stereocenters. The van der Waals surface area contributed by atoms with Crippen LogP contribution in [0.2, 0.25) is 0 Å². The van der Waals surface area contributed by atoms with Crippen LogP contribution in [0, 0.1) is 5.92 Å². The zero-order valence-electron chi connectivity index (χ0n) is 12.7. The number of hydrogen-bond acceptors (Lipinski definition) is 3. The van der Waals surface area contributed by atoms with Gasteiger partial charge in [0.2, 0.25) is 0 Å². The van der Waals surface area contributed by atoms with Gasteiger partial charge in [0.05, 0.1) is 6.10 Å². The summed E-state index contributed by atoms with van der Waals surface area (Å²) in [7, 11) is 0. The molecule has 0 saturated heterocycles. The monoisotopic (exact) mass is 297 g/mol. The Morgan fingerprint density at radius 2 is 1.91 bits per heavy atom. The number of aryl methyl sites for hydroxylation is 1. The topological polar surface area (TPSA) is 52.5 Å². The molecular formula is C19H23NO2. The van der Waals surface area contributed by atoms with E-state index < -0.39 is 6.10 Å². The van der Waals surface area contributed by atoms with Gasteiger partial charge in [0.25, 0.3) is 0 Å². The molecule has 22 heavy (non-hydrogen) atoms. The van der Waals surface area contributed by atoms with Crippen molar-refractivity contribution in [2.24, 2.45) is 5.92 Å². The molecule has 3 heteroatoms. The number of benzene rings is 2. The summed E-state index contributed by atoms with van der Waals surface area (Å²) in [6.45, 7) is 1.48. The lowest BCUT2D eigenvalue weighted by Crippen LogP contribution is -2.30. The van der Waals surface area contributed by atoms with E-state index in [0.29, 0.717) is 18.2 Å². The lowest BCUT2D eigenvalue weighted by Gasteiger charge is -2.25. The lowest BCUT2D eigenvalue weighted by atomic mass is 9.84. The first kappa shape index (κ1) is 15.1. The molecule has 0 bridgehead atoms. The summed E-state index contributed by atoms with van der Waals surface area (Å²) in [6, 6.07) is 15.4. The zero-order chi connectivity index (χ0) is 15.4. The molecule has 0 aliphatic heterocycles. The zero-order valence-corrected chi connectivity index (χ0v) is 12.7. The maximum Gasteiger partial charge on any atom is 0.115 e. The van der Waals surface area contributed by atoms with Crippen LogP contribution in [-0.4, -0.2) is 23.3 Å². The minimum absolute atomic E-state index is 0.354. The van der Waals surface area contributed by atoms with Crippen molar-refractivity contribution in [1.82, 2.24) is 5.32 Å². The van der Waals surface area contributed by atoms with Crippen LogP contribution in [-0.2, 0) is 12.8 Å². The summed E-state index contributed by atoms with van der Waals surface area (Å²) in [6.07, 6.45) is 2.77. The first-order valence-corrected chi connectivity index (χ1v) is 7.97. The molecule has 0 aromatic heterocycles. The third kappa shape index (κ3) is 3.67. The van der Waals surface area contributed by atoms with Crippen LogP contribution >= 0.6 is 0 Å². The second kappa shape index (κ2) is 6.95. The third-order valence-electron chi connectivity index (χ3n) is 4.48. The first-order valence-electron chi connectivity index (χ1n) is 7.97. The molecule has 2 unspecified atom stereocenters. The van der Waals surface area contributed by atoms with Gasteiger partial charge < -0.3 is 15.5 Å². The van der Waals surface area contributed by atoms with Gasteiger partial charge in [-0.25, -0.2) is 0 Å². The van der Waals surface area contributed by atoms with Crippen molar-refractivity contribution >= 4 is 0 Å². The number of aliphatic hydroxyl groups is 1. The van der Waals surface area contributed by atoms with Crippen LogP contribution < -0.4 is 5.32 Å². The second-order valence-corrected chi connectivity index (χ2v) is 6.15. The van der Waals surface area contributed by atoms with Gasteiger partial charge in [-0.3, -0.25) is 0 Å². The Bertz CT molecular complexity index is 612. The average Bonchev–Trinajstić information content (AvgIpc) is 2.55. The molecule has 2 aromatic rings. The standard InChI is InChI=1S/C19H23NO2/c21-18-9-8-15-7-6-14(10-17(15)11-18)12-20-13-19(22)16-4-2-1-3-5-16/h1-5,8-9,11,14,19-22H,6-7,10,12-13H2. The summed E-state index contributed by atoms with van der Waals surface area (Å²) in [5.41, 5.74) is 3.58. The van der Waals surface area contributed by atoms with Crippen LogP contribution in [0.15, 0.2) is 48.5 Å². The number of aromatic hydroxyl groups is 1. The Labute approximate surface area is 131 Å². The van der Waals surface area contributed by atoms with Gasteiger partial charge in [0.15, 0.2) is 0 Å². The van der Waals surface area contributed by atoms with E-state index >= 15 is 0 Å². The quantitative estimate of drug-likeness (QED) is 0.795. The summed E-state index contributed by atoms with van der Waals surface area (Å²) in [5.74, 6) is 0.920. The Morgan fingerprint density at radius 3 is 2.73 bits per heavy atom. The molecule has 1 aliphatic carbocycles. The molecule has 0 saturated carbocycles. The first-order chi connectivity index (χ1) is 10.7. The molecule has 0 radical (unpaired) electrons. The van der Waals surface area contributed by atoms with Gasteiger partial charge in [0, 0.05) is 6.54 Å². The van der Waals surface area contributed by atoms with E-state index in [9.17, 15) is 10.2 Å². The summed E-state index contributed by atoms with van der Waals surface area (Å²) in [5, 5.41) is 23.1. The highest BCUT2D eigenvalue weighted by Gasteiger charge is 2.19. The van der Waals surface area contributed by atoms with E-state index in [1.54, 1.807) is 6.07 Å². The highest BCUT2D eigenvalue weighted by Crippen LogP contribution is 2.28. The predicted octanol–water partition coefficient (Wildman–Crippen LogP) is 2.82. The van der Waals surface area contributed by atoms with Crippen LogP contribution in [0.1, 0.15) is 29.2 Å². The van der Waals surface area contributed by atoms with Crippen molar-refractivity contribution in [2.75, 3.05) is 13.1 Å². The van der Waals surface area contributed by atoms with Gasteiger partial charge in [-0.15, -0.1) is 0 Å². The molecule has 0 amide bonds. The molecule has 3 rings (SSSR count). The summed E-state index contributed by atoms with van der Waals surface area (Å²) < 4.78 is 0. The average molecular weight is 297 g/mol. The minimum atomic E-state index is -0.457. The number of nitrogens with one attached hydrogen (secondary N) is 1. The normalized spacial score (nSPS) is 18.7. The largest absolute Gasteiger partial charge is 0.508 e. The molecule has 0 heterocycles. The number of rotatable bonds is 5. The molecule has 0 spiro atoms. The van der Waals surface area contributed by atoms with Crippen molar-refractivity contribution in [2.45, 2.75) is 25.4 Å². The number of aliphatic hydroxyl groups excluding tert-OH is 1. The number of fused-ring (bicyclic) bond motifs is 1. The smallest absolute Gasteiger partial charge is 0.115 e. The molecular weight excluding hydrogens is 274 g/mol. The van der Waals surface area contributed by atoms with Crippen LogP contribution in [0.25, 0.3) is 0 Å². The molecule has 0 fully saturated rings. The van der Waals surface area contributed by atoms with Gasteiger partial charge in [-0.05, 0) is 60.5 Å². The fraction of sp³-hybridized carbons (Fsp3) is 0.368. The van der Waals surface area contributed by atoms with Gasteiger partial charge in [-0.1, -0.05) is 36.4 Å². The second-order valence-electron chi connectivity index (χ2n) is 6.15. The number of phenolic OH excluding ortho intramolecular Hbond substituents is 1. The van der Waals surface area contributed by atoms with E-state index in [0.717, 1.165) is 31.4 Å².